The van der Waals surface area contributed by atoms with E-state index in [1.807, 2.05) is 0 Å². The normalized spacial score (nSPS) is 11.2. The van der Waals surface area contributed by atoms with Crippen molar-refractivity contribution in [1.82, 2.24) is 14.6 Å². The number of nitrogens with two attached hydrogens (primary N) is 1. The van der Waals surface area contributed by atoms with Crippen molar-refractivity contribution in [2.45, 2.75) is 6.92 Å². The number of aryl methyl sites for hydroxylation is 1. The molecule has 0 bridgehead atoms. The Kier molecular flexibility index (Phi) is 2.63. The maximum atomic E-state index is 13.8. The Hall–Kier alpha value is -2.57. The first-order valence-corrected chi connectivity index (χ1v) is 5.74. The van der Waals surface area contributed by atoms with Gasteiger partial charge in [0, 0.05) is 6.20 Å². The third kappa shape index (κ3) is 1.63. The Balaban J connectivity index is 2.31. The summed E-state index contributed by atoms with van der Waals surface area (Å²) in [5.74, 6) is -4.05. The molecule has 2 aromatic heterocycles. The van der Waals surface area contributed by atoms with E-state index in [-0.39, 0.29) is 11.4 Å². The van der Waals surface area contributed by atoms with E-state index in [1.165, 1.54) is 4.40 Å². The predicted octanol–water partition coefficient (Wildman–Crippen LogP) is 2.70. The lowest BCUT2D eigenvalue weighted by Crippen LogP contribution is -1.99. The molecule has 2 heterocycles. The summed E-state index contributed by atoms with van der Waals surface area (Å²) in [6, 6.07) is 3.65. The van der Waals surface area contributed by atoms with Crippen molar-refractivity contribution in [3.05, 3.63) is 47.4 Å². The van der Waals surface area contributed by atoms with Crippen LogP contribution in [0.25, 0.3) is 17.0 Å². The summed E-state index contributed by atoms with van der Waals surface area (Å²) in [6.07, 6.45) is 1.59. The number of benzene rings is 1. The minimum atomic E-state index is -1.54. The van der Waals surface area contributed by atoms with Crippen LogP contribution < -0.4 is 5.73 Å². The van der Waals surface area contributed by atoms with Crippen LogP contribution in [0, 0.1) is 24.4 Å². The second-order valence-electron chi connectivity index (χ2n) is 4.35. The number of nitrogens with zero attached hydrogens (tertiary/aromatic N) is 3. The van der Waals surface area contributed by atoms with Crippen molar-refractivity contribution in [1.29, 1.82) is 0 Å². The van der Waals surface area contributed by atoms with Crippen molar-refractivity contribution < 1.29 is 13.2 Å². The topological polar surface area (TPSA) is 56.2 Å². The Morgan fingerprint density at radius 1 is 1.05 bits per heavy atom. The highest BCUT2D eigenvalue weighted by Gasteiger charge is 2.19. The van der Waals surface area contributed by atoms with Crippen LogP contribution in [0.4, 0.5) is 18.9 Å². The van der Waals surface area contributed by atoms with Gasteiger partial charge < -0.3 is 5.73 Å². The van der Waals surface area contributed by atoms with Crippen molar-refractivity contribution in [3.8, 4) is 11.4 Å². The van der Waals surface area contributed by atoms with Gasteiger partial charge in [0.25, 0.3) is 0 Å². The van der Waals surface area contributed by atoms with Gasteiger partial charge in [0.1, 0.15) is 0 Å². The summed E-state index contributed by atoms with van der Waals surface area (Å²) in [4.78, 5) is 0. The number of aromatic nitrogens is 3. The van der Waals surface area contributed by atoms with E-state index < -0.39 is 17.5 Å². The zero-order valence-corrected chi connectivity index (χ0v) is 10.4. The van der Waals surface area contributed by atoms with Crippen LogP contribution in [-0.2, 0) is 0 Å². The molecule has 0 aliphatic carbocycles. The van der Waals surface area contributed by atoms with Gasteiger partial charge in [-0.05, 0) is 30.7 Å². The number of hydrogen-bond donors (Lipinski definition) is 1. The Bertz CT molecular complexity index is 826. The third-order valence-electron chi connectivity index (χ3n) is 3.11. The van der Waals surface area contributed by atoms with Gasteiger partial charge in [-0.2, -0.15) is 0 Å². The quantitative estimate of drug-likeness (QED) is 0.696. The summed E-state index contributed by atoms with van der Waals surface area (Å²) in [5.41, 5.74) is 7.20. The second kappa shape index (κ2) is 4.22. The first-order chi connectivity index (χ1) is 9.50. The van der Waals surface area contributed by atoms with Crippen LogP contribution in [0.3, 0.4) is 0 Å². The summed E-state index contributed by atoms with van der Waals surface area (Å²) in [7, 11) is 0. The molecule has 0 amide bonds. The first-order valence-electron chi connectivity index (χ1n) is 5.74. The third-order valence-corrected chi connectivity index (χ3v) is 3.11. The van der Waals surface area contributed by atoms with Gasteiger partial charge in [0.15, 0.2) is 28.9 Å². The Morgan fingerprint density at radius 3 is 2.55 bits per heavy atom. The predicted molar refractivity (Wildman–Crippen MR) is 67.4 cm³/mol. The van der Waals surface area contributed by atoms with Gasteiger partial charge in [-0.1, -0.05) is 0 Å². The maximum absolute atomic E-state index is 13.8. The molecule has 20 heavy (non-hydrogen) atoms. The summed E-state index contributed by atoms with van der Waals surface area (Å²) in [6.45, 7) is 1.79. The van der Waals surface area contributed by atoms with Gasteiger partial charge in [0.2, 0.25) is 0 Å². The minimum Gasteiger partial charge on any atom is -0.395 e. The average Bonchev–Trinajstić information content (AvgIpc) is 2.85. The molecule has 0 radical (unpaired) electrons. The number of hydrogen-bond acceptors (Lipinski definition) is 3. The Morgan fingerprint density at radius 2 is 1.80 bits per heavy atom. The molecule has 0 fully saturated rings. The minimum absolute atomic E-state index is 0.0584. The van der Waals surface area contributed by atoms with Gasteiger partial charge in [-0.15, -0.1) is 10.2 Å². The highest BCUT2D eigenvalue weighted by atomic mass is 19.2. The first kappa shape index (κ1) is 12.5. The van der Waals surface area contributed by atoms with Crippen molar-refractivity contribution >= 4 is 11.3 Å². The van der Waals surface area contributed by atoms with E-state index in [0.717, 1.165) is 17.7 Å². The molecule has 0 saturated heterocycles. The van der Waals surface area contributed by atoms with E-state index in [9.17, 15) is 13.2 Å². The molecule has 0 aliphatic rings. The van der Waals surface area contributed by atoms with E-state index in [4.69, 9.17) is 5.73 Å². The fraction of sp³-hybridized carbons (Fsp3) is 0.0769. The van der Waals surface area contributed by atoms with Crippen LogP contribution in [0.2, 0.25) is 0 Å². The molecule has 0 saturated carbocycles. The molecule has 3 aromatic rings. The van der Waals surface area contributed by atoms with Crippen LogP contribution >= 0.6 is 0 Å². The van der Waals surface area contributed by atoms with E-state index >= 15 is 0 Å². The fourth-order valence-electron chi connectivity index (χ4n) is 1.95. The number of pyridine rings is 1. The van der Waals surface area contributed by atoms with Crippen LogP contribution in [-0.4, -0.2) is 14.6 Å². The average molecular weight is 278 g/mol. The zero-order chi connectivity index (χ0) is 14.4. The molecular formula is C13H9F3N4. The molecule has 0 atom stereocenters. The number of anilines is 1. The molecule has 102 valence electrons. The molecule has 2 N–H and O–H groups in total. The largest absolute Gasteiger partial charge is 0.395 e. The SMILES string of the molecule is Cc1ccn2c(-c3ccc(F)c(F)c3F)nnc2c1N. The van der Waals surface area contributed by atoms with Crippen LogP contribution in [0.5, 0.6) is 0 Å². The maximum Gasteiger partial charge on any atom is 0.195 e. The van der Waals surface area contributed by atoms with Gasteiger partial charge in [0.05, 0.1) is 11.3 Å². The second-order valence-corrected chi connectivity index (χ2v) is 4.35. The molecule has 0 spiro atoms. The standard InChI is InChI=1S/C13H9F3N4/c1-6-4-5-20-12(18-19-13(20)11(6)17)7-2-3-8(14)10(16)9(7)15/h2-5H,17H2,1H3. The molecule has 7 heteroatoms. The Labute approximate surface area is 111 Å². The van der Waals surface area contributed by atoms with Crippen molar-refractivity contribution in [2.75, 3.05) is 5.73 Å². The zero-order valence-electron chi connectivity index (χ0n) is 10.4. The molecule has 1 aromatic carbocycles. The highest BCUT2D eigenvalue weighted by Crippen LogP contribution is 2.27. The van der Waals surface area contributed by atoms with Gasteiger partial charge >= 0.3 is 0 Å². The summed E-state index contributed by atoms with van der Waals surface area (Å²) in [5, 5.41) is 7.66. The van der Waals surface area contributed by atoms with E-state index in [2.05, 4.69) is 10.2 Å². The monoisotopic (exact) mass is 278 g/mol. The van der Waals surface area contributed by atoms with Gasteiger partial charge in [-0.25, -0.2) is 13.2 Å². The lowest BCUT2D eigenvalue weighted by Gasteiger charge is -2.05. The van der Waals surface area contributed by atoms with Crippen LogP contribution in [0.1, 0.15) is 5.56 Å². The fourth-order valence-corrected chi connectivity index (χ4v) is 1.95. The van der Waals surface area contributed by atoms with Gasteiger partial charge in [-0.3, -0.25) is 4.40 Å². The van der Waals surface area contributed by atoms with E-state index in [0.29, 0.717) is 11.3 Å². The summed E-state index contributed by atoms with van der Waals surface area (Å²) < 4.78 is 41.5. The molecule has 0 aliphatic heterocycles. The number of halogens is 3. The van der Waals surface area contributed by atoms with E-state index in [1.54, 1.807) is 19.2 Å². The highest BCUT2D eigenvalue weighted by molar-refractivity contribution is 5.72. The molecule has 3 rings (SSSR count). The number of fused-ring (bicyclic) bond motifs is 1. The number of nitrogen functional groups attached to an aromatic ring is 1. The summed E-state index contributed by atoms with van der Waals surface area (Å²) >= 11 is 0. The molecule has 0 unspecified atom stereocenters. The smallest absolute Gasteiger partial charge is 0.195 e. The van der Waals surface area contributed by atoms with Crippen LogP contribution in [0.15, 0.2) is 24.4 Å². The molecular weight excluding hydrogens is 269 g/mol. The molecule has 4 nitrogen and oxygen atoms in total. The lowest BCUT2D eigenvalue weighted by atomic mass is 10.2. The van der Waals surface area contributed by atoms with Crippen molar-refractivity contribution in [2.24, 2.45) is 0 Å². The van der Waals surface area contributed by atoms with Crippen molar-refractivity contribution in [3.63, 3.8) is 0 Å². The number of rotatable bonds is 1. The lowest BCUT2D eigenvalue weighted by molar-refractivity contribution is 0.448.